The minimum absolute atomic E-state index is 0.0786. The Morgan fingerprint density at radius 3 is 2.35 bits per heavy atom. The molecule has 0 fully saturated rings. The van der Waals surface area contributed by atoms with Gasteiger partial charge in [0, 0.05) is 20.1 Å². The Hall–Kier alpha value is -3.25. The monoisotopic (exact) mass is 420 g/mol. The number of amides is 1. The highest BCUT2D eigenvalue weighted by molar-refractivity contribution is 5.84. The molecule has 4 rings (SSSR count). The lowest BCUT2D eigenvalue weighted by Crippen LogP contribution is -2.36. The Labute approximate surface area is 182 Å². The first-order valence-electron chi connectivity index (χ1n) is 10.4. The average Bonchev–Trinajstić information content (AvgIpc) is 2.78. The van der Waals surface area contributed by atoms with Gasteiger partial charge < -0.3 is 19.1 Å². The zero-order chi connectivity index (χ0) is 21.8. The van der Waals surface area contributed by atoms with Gasteiger partial charge in [-0.2, -0.15) is 0 Å². The predicted octanol–water partition coefficient (Wildman–Crippen LogP) is 3.71. The minimum Gasteiger partial charge on any atom is -0.497 e. The Bertz CT molecular complexity index is 1080. The standard InChI is InChI=1S/C25H28N2O4/c1-26(15-19-5-9-23-24(13-19)31-11-10-30-23)17-25(28)27(2)16-18-4-6-21-14-22(29-3)8-7-20(21)12-18/h4-9,12-14H,10-11,15-17H2,1-3H3. The summed E-state index contributed by atoms with van der Waals surface area (Å²) in [5.41, 5.74) is 2.19. The minimum atomic E-state index is 0.0786. The van der Waals surface area contributed by atoms with Crippen LogP contribution < -0.4 is 14.2 Å². The molecule has 0 radical (unpaired) electrons. The van der Waals surface area contributed by atoms with Crippen LogP contribution in [0.4, 0.5) is 0 Å². The van der Waals surface area contributed by atoms with E-state index in [1.807, 2.05) is 55.4 Å². The molecule has 0 bridgehead atoms. The van der Waals surface area contributed by atoms with E-state index in [4.69, 9.17) is 14.2 Å². The highest BCUT2D eigenvalue weighted by atomic mass is 16.6. The van der Waals surface area contributed by atoms with E-state index in [0.717, 1.165) is 39.1 Å². The van der Waals surface area contributed by atoms with Gasteiger partial charge in [-0.3, -0.25) is 9.69 Å². The molecule has 1 aliphatic heterocycles. The number of benzene rings is 3. The molecule has 1 aliphatic rings. The summed E-state index contributed by atoms with van der Waals surface area (Å²) in [5, 5.41) is 2.26. The Balaban J connectivity index is 1.34. The number of nitrogens with zero attached hydrogens (tertiary/aromatic N) is 2. The van der Waals surface area contributed by atoms with Crippen LogP contribution in [0.3, 0.4) is 0 Å². The molecule has 1 amide bonds. The molecule has 0 N–H and O–H groups in total. The van der Waals surface area contributed by atoms with Crippen LogP contribution in [0.25, 0.3) is 10.8 Å². The normalized spacial score (nSPS) is 12.8. The van der Waals surface area contributed by atoms with Gasteiger partial charge in [-0.25, -0.2) is 0 Å². The second-order valence-electron chi connectivity index (χ2n) is 7.95. The van der Waals surface area contributed by atoms with Gasteiger partial charge in [0.15, 0.2) is 11.5 Å². The van der Waals surface area contributed by atoms with Gasteiger partial charge in [-0.15, -0.1) is 0 Å². The van der Waals surface area contributed by atoms with Crippen LogP contribution in [-0.4, -0.2) is 56.7 Å². The van der Waals surface area contributed by atoms with Crippen LogP contribution in [0.15, 0.2) is 54.6 Å². The highest BCUT2D eigenvalue weighted by Crippen LogP contribution is 2.31. The van der Waals surface area contributed by atoms with E-state index < -0.39 is 0 Å². The molecule has 0 saturated heterocycles. The van der Waals surface area contributed by atoms with Crippen molar-refractivity contribution in [2.24, 2.45) is 0 Å². The van der Waals surface area contributed by atoms with Crippen molar-refractivity contribution in [2.75, 3.05) is 41.0 Å². The van der Waals surface area contributed by atoms with Gasteiger partial charge in [0.05, 0.1) is 13.7 Å². The number of carbonyl (C=O) groups is 1. The molecule has 3 aromatic rings. The molecule has 0 aromatic heterocycles. The van der Waals surface area contributed by atoms with Crippen molar-refractivity contribution in [1.29, 1.82) is 0 Å². The SMILES string of the molecule is COc1ccc2cc(CN(C)C(=O)CN(C)Cc3ccc4c(c3)OCCO4)ccc2c1. The fraction of sp³-hybridized carbons (Fsp3) is 0.320. The number of carbonyl (C=O) groups excluding carboxylic acids is 1. The molecular formula is C25H28N2O4. The average molecular weight is 421 g/mol. The van der Waals surface area contributed by atoms with Crippen molar-refractivity contribution >= 4 is 16.7 Å². The van der Waals surface area contributed by atoms with Crippen molar-refractivity contribution in [1.82, 2.24) is 9.80 Å². The maximum absolute atomic E-state index is 12.8. The third-order valence-electron chi connectivity index (χ3n) is 5.42. The van der Waals surface area contributed by atoms with Gasteiger partial charge >= 0.3 is 0 Å². The van der Waals surface area contributed by atoms with E-state index in [-0.39, 0.29) is 5.91 Å². The van der Waals surface area contributed by atoms with Crippen LogP contribution >= 0.6 is 0 Å². The summed E-state index contributed by atoms with van der Waals surface area (Å²) in [5.74, 6) is 2.47. The maximum Gasteiger partial charge on any atom is 0.236 e. The van der Waals surface area contributed by atoms with Gasteiger partial charge in [0.25, 0.3) is 0 Å². The molecule has 1 heterocycles. The molecule has 0 unspecified atom stereocenters. The van der Waals surface area contributed by atoms with Gasteiger partial charge in [-0.05, 0) is 59.3 Å². The summed E-state index contributed by atoms with van der Waals surface area (Å²) < 4.78 is 16.5. The van der Waals surface area contributed by atoms with Gasteiger partial charge in [0.1, 0.15) is 19.0 Å². The largest absolute Gasteiger partial charge is 0.497 e. The first-order chi connectivity index (χ1) is 15.0. The van der Waals surface area contributed by atoms with Gasteiger partial charge in [0.2, 0.25) is 5.91 Å². The zero-order valence-electron chi connectivity index (χ0n) is 18.3. The summed E-state index contributed by atoms with van der Waals surface area (Å²) in [4.78, 5) is 16.5. The zero-order valence-corrected chi connectivity index (χ0v) is 18.3. The molecule has 6 heteroatoms. The van der Waals surface area contributed by atoms with Crippen molar-refractivity contribution in [2.45, 2.75) is 13.1 Å². The van der Waals surface area contributed by atoms with E-state index in [9.17, 15) is 4.79 Å². The Morgan fingerprint density at radius 2 is 1.55 bits per heavy atom. The molecular weight excluding hydrogens is 392 g/mol. The third kappa shape index (κ3) is 5.09. The van der Waals surface area contributed by atoms with Crippen LogP contribution in [0.1, 0.15) is 11.1 Å². The lowest BCUT2D eigenvalue weighted by molar-refractivity contribution is -0.131. The van der Waals surface area contributed by atoms with Crippen molar-refractivity contribution < 1.29 is 19.0 Å². The number of methoxy groups -OCH3 is 1. The lowest BCUT2D eigenvalue weighted by atomic mass is 10.1. The number of ether oxygens (including phenoxy) is 3. The molecule has 162 valence electrons. The van der Waals surface area contributed by atoms with Crippen LogP contribution in [0.5, 0.6) is 17.2 Å². The number of rotatable bonds is 7. The predicted molar refractivity (Wildman–Crippen MR) is 121 cm³/mol. The Morgan fingerprint density at radius 1 is 0.871 bits per heavy atom. The topological polar surface area (TPSA) is 51.2 Å². The molecule has 0 saturated carbocycles. The van der Waals surface area contributed by atoms with E-state index in [0.29, 0.717) is 32.8 Å². The third-order valence-corrected chi connectivity index (χ3v) is 5.42. The molecule has 6 nitrogen and oxygen atoms in total. The first kappa shape index (κ1) is 21.0. The summed E-state index contributed by atoms with van der Waals surface area (Å²) in [6.45, 7) is 2.72. The van der Waals surface area contributed by atoms with Gasteiger partial charge in [-0.1, -0.05) is 24.3 Å². The van der Waals surface area contributed by atoms with E-state index in [2.05, 4.69) is 18.2 Å². The summed E-state index contributed by atoms with van der Waals surface area (Å²) in [7, 11) is 5.46. The molecule has 0 atom stereocenters. The fourth-order valence-electron chi connectivity index (χ4n) is 3.77. The summed E-state index contributed by atoms with van der Waals surface area (Å²) in [6, 6.07) is 18.2. The fourth-order valence-corrected chi connectivity index (χ4v) is 3.77. The van der Waals surface area contributed by atoms with Crippen molar-refractivity contribution in [3.05, 3.63) is 65.7 Å². The first-order valence-corrected chi connectivity index (χ1v) is 10.4. The Kier molecular flexibility index (Phi) is 6.28. The number of likely N-dealkylation sites (N-methyl/N-ethyl adjacent to an activating group) is 2. The van der Waals surface area contributed by atoms with Crippen LogP contribution in [0.2, 0.25) is 0 Å². The molecule has 0 aliphatic carbocycles. The second kappa shape index (κ2) is 9.27. The smallest absolute Gasteiger partial charge is 0.236 e. The second-order valence-corrected chi connectivity index (χ2v) is 7.95. The number of fused-ring (bicyclic) bond motifs is 2. The van der Waals surface area contributed by atoms with Crippen molar-refractivity contribution in [3.63, 3.8) is 0 Å². The highest BCUT2D eigenvalue weighted by Gasteiger charge is 2.15. The molecule has 0 spiro atoms. The van der Waals surface area contributed by atoms with Crippen molar-refractivity contribution in [3.8, 4) is 17.2 Å². The summed E-state index contributed by atoms with van der Waals surface area (Å²) >= 11 is 0. The number of hydrogen-bond donors (Lipinski definition) is 0. The van der Waals surface area contributed by atoms with E-state index in [1.54, 1.807) is 12.0 Å². The summed E-state index contributed by atoms with van der Waals surface area (Å²) in [6.07, 6.45) is 0. The molecule has 3 aromatic carbocycles. The molecule has 31 heavy (non-hydrogen) atoms. The maximum atomic E-state index is 12.8. The lowest BCUT2D eigenvalue weighted by Gasteiger charge is -2.23. The van der Waals surface area contributed by atoms with E-state index in [1.165, 1.54) is 0 Å². The van der Waals surface area contributed by atoms with Crippen LogP contribution in [0, 0.1) is 0 Å². The van der Waals surface area contributed by atoms with Crippen LogP contribution in [-0.2, 0) is 17.9 Å². The number of hydrogen-bond acceptors (Lipinski definition) is 5. The van der Waals surface area contributed by atoms with E-state index >= 15 is 0 Å². The quantitative estimate of drug-likeness (QED) is 0.583.